The molecule has 0 radical (unpaired) electrons. The third kappa shape index (κ3) is 4.21. The van der Waals surface area contributed by atoms with Gasteiger partial charge in [-0.2, -0.15) is 5.26 Å². The van der Waals surface area contributed by atoms with Gasteiger partial charge in [0.2, 0.25) is 5.91 Å². The second-order valence-corrected chi connectivity index (χ2v) is 5.90. The number of amides is 1. The van der Waals surface area contributed by atoms with Crippen LogP contribution in [0.4, 0.5) is 0 Å². The Balaban J connectivity index is 1.75. The smallest absolute Gasteiger partial charge is 0.221 e. The van der Waals surface area contributed by atoms with Gasteiger partial charge in [-0.3, -0.25) is 4.79 Å². The van der Waals surface area contributed by atoms with Gasteiger partial charge in [0.15, 0.2) is 0 Å². The average molecular weight is 264 g/mol. The molecule has 1 heterocycles. The number of nitriles is 1. The van der Waals surface area contributed by atoms with Crippen LogP contribution in [0, 0.1) is 17.2 Å². The van der Waals surface area contributed by atoms with Gasteiger partial charge in [-0.25, -0.2) is 0 Å². The van der Waals surface area contributed by atoms with Crippen LogP contribution < -0.4 is 5.32 Å². The summed E-state index contributed by atoms with van der Waals surface area (Å²) in [6.07, 6.45) is 9.27. The van der Waals surface area contributed by atoms with E-state index in [9.17, 15) is 10.1 Å². The van der Waals surface area contributed by atoms with E-state index in [1.165, 1.54) is 32.1 Å². The number of hydrogen-bond acceptors (Lipinski definition) is 3. The van der Waals surface area contributed by atoms with Crippen LogP contribution in [0.3, 0.4) is 0 Å². The van der Waals surface area contributed by atoms with Gasteiger partial charge in [0.05, 0.1) is 6.07 Å². The lowest BCUT2D eigenvalue weighted by molar-refractivity contribution is -0.123. The van der Waals surface area contributed by atoms with Gasteiger partial charge in [-0.05, 0) is 12.3 Å². The lowest BCUT2D eigenvalue weighted by Crippen LogP contribution is -2.50. The lowest BCUT2D eigenvalue weighted by Gasteiger charge is -2.31. The van der Waals surface area contributed by atoms with Crippen molar-refractivity contribution in [2.24, 2.45) is 5.92 Å². The van der Waals surface area contributed by atoms with Crippen molar-refractivity contribution in [3.8, 4) is 6.07 Å². The van der Waals surface area contributed by atoms with Crippen LogP contribution in [-0.4, -0.2) is 24.7 Å². The molecule has 0 aromatic heterocycles. The van der Waals surface area contributed by atoms with Gasteiger partial charge < -0.3 is 10.1 Å². The molecule has 1 saturated heterocycles. The molecular formula is C15H24N2O2. The lowest BCUT2D eigenvalue weighted by atomic mass is 9.85. The van der Waals surface area contributed by atoms with Gasteiger partial charge >= 0.3 is 0 Å². The van der Waals surface area contributed by atoms with Crippen molar-refractivity contribution in [3.63, 3.8) is 0 Å². The van der Waals surface area contributed by atoms with E-state index in [4.69, 9.17) is 4.74 Å². The Labute approximate surface area is 115 Å². The van der Waals surface area contributed by atoms with Crippen LogP contribution in [0.15, 0.2) is 0 Å². The Bertz CT molecular complexity index is 337. The van der Waals surface area contributed by atoms with E-state index in [2.05, 4.69) is 11.4 Å². The molecule has 0 spiro atoms. The summed E-state index contributed by atoms with van der Waals surface area (Å²) < 4.78 is 5.26. The summed E-state index contributed by atoms with van der Waals surface area (Å²) in [7, 11) is 0. The standard InChI is InChI=1S/C15H24N2O2/c16-12-15(8-10-19-11-9-15)17-14(18)7-6-13-4-2-1-3-5-13/h13H,1-11H2,(H,17,18). The van der Waals surface area contributed by atoms with Crippen LogP contribution in [0.25, 0.3) is 0 Å². The minimum Gasteiger partial charge on any atom is -0.381 e. The van der Waals surface area contributed by atoms with Crippen LogP contribution in [-0.2, 0) is 9.53 Å². The maximum atomic E-state index is 12.0. The molecular weight excluding hydrogens is 240 g/mol. The largest absolute Gasteiger partial charge is 0.381 e. The number of nitrogens with zero attached hydrogens (tertiary/aromatic N) is 1. The van der Waals surface area contributed by atoms with Crippen LogP contribution in [0.1, 0.15) is 57.8 Å². The molecule has 0 unspecified atom stereocenters. The first-order chi connectivity index (χ1) is 9.24. The number of ether oxygens (including phenoxy) is 1. The number of hydrogen-bond donors (Lipinski definition) is 1. The van der Waals surface area contributed by atoms with E-state index in [1.807, 2.05) is 0 Å². The minimum absolute atomic E-state index is 0.0361. The summed E-state index contributed by atoms with van der Waals surface area (Å²) in [5, 5.41) is 12.2. The van der Waals surface area contributed by atoms with E-state index in [0.717, 1.165) is 6.42 Å². The molecule has 1 aliphatic carbocycles. The maximum Gasteiger partial charge on any atom is 0.221 e. The molecule has 106 valence electrons. The maximum absolute atomic E-state index is 12.0. The highest BCUT2D eigenvalue weighted by Gasteiger charge is 2.34. The van der Waals surface area contributed by atoms with E-state index < -0.39 is 5.54 Å². The normalized spacial score (nSPS) is 23.5. The zero-order valence-electron chi connectivity index (χ0n) is 11.6. The molecule has 0 bridgehead atoms. The summed E-state index contributed by atoms with van der Waals surface area (Å²) in [5.74, 6) is 0.751. The Kier molecular flexibility index (Phi) is 5.21. The molecule has 0 aromatic rings. The van der Waals surface area contributed by atoms with E-state index in [-0.39, 0.29) is 5.91 Å². The van der Waals surface area contributed by atoms with Crippen molar-refractivity contribution in [3.05, 3.63) is 0 Å². The number of nitrogens with one attached hydrogen (secondary N) is 1. The van der Waals surface area contributed by atoms with E-state index in [1.54, 1.807) is 0 Å². The monoisotopic (exact) mass is 264 g/mol. The van der Waals surface area contributed by atoms with Crippen molar-refractivity contribution >= 4 is 5.91 Å². The van der Waals surface area contributed by atoms with Crippen LogP contribution in [0.5, 0.6) is 0 Å². The minimum atomic E-state index is -0.679. The first-order valence-electron chi connectivity index (χ1n) is 7.54. The summed E-state index contributed by atoms with van der Waals surface area (Å²) in [4.78, 5) is 12.0. The fraction of sp³-hybridized carbons (Fsp3) is 0.867. The fourth-order valence-electron chi connectivity index (χ4n) is 3.13. The van der Waals surface area contributed by atoms with Crippen molar-refractivity contribution in [1.29, 1.82) is 5.26 Å². The quantitative estimate of drug-likeness (QED) is 0.848. The molecule has 4 nitrogen and oxygen atoms in total. The van der Waals surface area contributed by atoms with Crippen molar-refractivity contribution in [2.45, 2.75) is 63.3 Å². The predicted molar refractivity (Wildman–Crippen MR) is 72.3 cm³/mol. The number of carbonyl (C=O) groups excluding carboxylic acids is 1. The molecule has 4 heteroatoms. The zero-order valence-corrected chi connectivity index (χ0v) is 11.6. The summed E-state index contributed by atoms with van der Waals surface area (Å²) >= 11 is 0. The summed E-state index contributed by atoms with van der Waals surface area (Å²) in [6, 6.07) is 2.27. The molecule has 0 aromatic carbocycles. The number of carbonyl (C=O) groups is 1. The molecule has 0 atom stereocenters. The van der Waals surface area contributed by atoms with Crippen molar-refractivity contribution in [1.82, 2.24) is 5.32 Å². The second kappa shape index (κ2) is 6.91. The summed E-state index contributed by atoms with van der Waals surface area (Å²) in [6.45, 7) is 1.13. The van der Waals surface area contributed by atoms with Gasteiger partial charge in [0, 0.05) is 32.5 Å². The third-order valence-electron chi connectivity index (χ3n) is 4.44. The Morgan fingerprint density at radius 2 is 1.95 bits per heavy atom. The van der Waals surface area contributed by atoms with Gasteiger partial charge in [-0.15, -0.1) is 0 Å². The number of rotatable bonds is 4. The molecule has 2 rings (SSSR count). The molecule has 1 amide bonds. The van der Waals surface area contributed by atoms with Crippen LogP contribution in [0.2, 0.25) is 0 Å². The predicted octanol–water partition coefficient (Wildman–Crippen LogP) is 2.54. The highest BCUT2D eigenvalue weighted by Crippen LogP contribution is 2.27. The highest BCUT2D eigenvalue weighted by molar-refractivity contribution is 5.77. The molecule has 2 aliphatic rings. The zero-order chi connectivity index (χ0) is 13.6. The van der Waals surface area contributed by atoms with Gasteiger partial charge in [0.1, 0.15) is 5.54 Å². The third-order valence-corrected chi connectivity index (χ3v) is 4.44. The highest BCUT2D eigenvalue weighted by atomic mass is 16.5. The molecule has 19 heavy (non-hydrogen) atoms. The van der Waals surface area contributed by atoms with Crippen molar-refractivity contribution in [2.75, 3.05) is 13.2 Å². The fourth-order valence-corrected chi connectivity index (χ4v) is 3.13. The first-order valence-corrected chi connectivity index (χ1v) is 7.54. The van der Waals surface area contributed by atoms with E-state index >= 15 is 0 Å². The first kappa shape index (κ1) is 14.3. The molecule has 1 N–H and O–H groups in total. The average Bonchev–Trinajstić information content (AvgIpc) is 2.47. The molecule has 2 fully saturated rings. The van der Waals surface area contributed by atoms with Crippen LogP contribution >= 0.6 is 0 Å². The van der Waals surface area contributed by atoms with Crippen molar-refractivity contribution < 1.29 is 9.53 Å². The molecule has 1 aliphatic heterocycles. The topological polar surface area (TPSA) is 62.1 Å². The van der Waals surface area contributed by atoms with Gasteiger partial charge in [-0.1, -0.05) is 32.1 Å². The Morgan fingerprint density at radius 3 is 2.58 bits per heavy atom. The Morgan fingerprint density at radius 1 is 1.26 bits per heavy atom. The summed E-state index contributed by atoms with van der Waals surface area (Å²) in [5.41, 5.74) is -0.679. The Hall–Kier alpha value is -1.08. The second-order valence-electron chi connectivity index (χ2n) is 5.90. The van der Waals surface area contributed by atoms with Gasteiger partial charge in [0.25, 0.3) is 0 Å². The SMILES string of the molecule is N#CC1(NC(=O)CCC2CCCCC2)CCOCC1. The molecule has 1 saturated carbocycles. The van der Waals surface area contributed by atoms with E-state index in [0.29, 0.717) is 38.4 Å².